The third kappa shape index (κ3) is 3.26. The Morgan fingerprint density at radius 1 is 1.30 bits per heavy atom. The third-order valence-electron chi connectivity index (χ3n) is 3.41. The van der Waals surface area contributed by atoms with Crippen LogP contribution in [-0.2, 0) is 10.0 Å². The van der Waals surface area contributed by atoms with Gasteiger partial charge in [0.1, 0.15) is 0 Å². The van der Waals surface area contributed by atoms with Gasteiger partial charge in [-0.2, -0.15) is 4.31 Å². The molecule has 6 heteroatoms. The van der Waals surface area contributed by atoms with Crippen LogP contribution in [0.3, 0.4) is 0 Å². The van der Waals surface area contributed by atoms with Gasteiger partial charge in [-0.15, -0.1) is 0 Å². The smallest absolute Gasteiger partial charge is 0.243 e. The summed E-state index contributed by atoms with van der Waals surface area (Å²) in [5, 5.41) is 3.18. The van der Waals surface area contributed by atoms with Crippen molar-refractivity contribution in [3.63, 3.8) is 0 Å². The van der Waals surface area contributed by atoms with Gasteiger partial charge in [0.25, 0.3) is 0 Å². The van der Waals surface area contributed by atoms with E-state index in [0.717, 1.165) is 13.0 Å². The minimum atomic E-state index is -3.51. The second-order valence-electron chi connectivity index (χ2n) is 4.81. The van der Waals surface area contributed by atoms with Crippen molar-refractivity contribution in [3.8, 4) is 0 Å². The molecule has 0 aromatic heterocycles. The zero-order valence-corrected chi connectivity index (χ0v) is 12.4. The van der Waals surface area contributed by atoms with Crippen molar-refractivity contribution < 1.29 is 13.2 Å². The van der Waals surface area contributed by atoms with Gasteiger partial charge >= 0.3 is 0 Å². The van der Waals surface area contributed by atoms with E-state index < -0.39 is 10.0 Å². The van der Waals surface area contributed by atoms with Gasteiger partial charge in [0.2, 0.25) is 10.0 Å². The van der Waals surface area contributed by atoms with Gasteiger partial charge in [0.05, 0.1) is 4.90 Å². The first-order valence-corrected chi connectivity index (χ1v) is 8.34. The van der Waals surface area contributed by atoms with Crippen molar-refractivity contribution in [1.29, 1.82) is 0 Å². The fourth-order valence-corrected chi connectivity index (χ4v) is 3.77. The Morgan fingerprint density at radius 2 is 2.10 bits per heavy atom. The number of sulfonamides is 1. The van der Waals surface area contributed by atoms with Gasteiger partial charge in [-0.3, -0.25) is 4.79 Å². The fourth-order valence-electron chi connectivity index (χ4n) is 2.24. The molecule has 0 radical (unpaired) electrons. The summed E-state index contributed by atoms with van der Waals surface area (Å²) in [4.78, 5) is 11.9. The summed E-state index contributed by atoms with van der Waals surface area (Å²) in [6.45, 7) is 4.24. The maximum Gasteiger partial charge on any atom is 0.243 e. The highest BCUT2D eigenvalue weighted by molar-refractivity contribution is 7.89. The minimum Gasteiger partial charge on any atom is -0.315 e. The number of benzene rings is 1. The Labute approximate surface area is 120 Å². The number of hydrogen-bond acceptors (Lipinski definition) is 4. The van der Waals surface area contributed by atoms with Crippen molar-refractivity contribution in [2.24, 2.45) is 0 Å². The highest BCUT2D eigenvalue weighted by Gasteiger charge is 2.25. The molecule has 1 aromatic carbocycles. The van der Waals surface area contributed by atoms with Crippen molar-refractivity contribution in [3.05, 3.63) is 29.8 Å². The lowest BCUT2D eigenvalue weighted by molar-refractivity contribution is 0.0988. The van der Waals surface area contributed by atoms with Crippen LogP contribution in [-0.4, -0.2) is 44.7 Å². The summed E-state index contributed by atoms with van der Waals surface area (Å²) in [6, 6.07) is 6.33. The van der Waals surface area contributed by atoms with Crippen LogP contribution in [0.2, 0.25) is 0 Å². The SMILES string of the molecule is CCC(=O)c1cccc(S(=O)(=O)N2CCCNCC2)c1. The predicted octanol–water partition coefficient (Wildman–Crippen LogP) is 1.26. The molecule has 1 fully saturated rings. The topological polar surface area (TPSA) is 66.5 Å². The van der Waals surface area contributed by atoms with E-state index in [9.17, 15) is 13.2 Å². The van der Waals surface area contributed by atoms with Crippen molar-refractivity contribution >= 4 is 15.8 Å². The number of carbonyl (C=O) groups is 1. The van der Waals surface area contributed by atoms with Gasteiger partial charge < -0.3 is 5.32 Å². The molecule has 1 aliphatic heterocycles. The lowest BCUT2D eigenvalue weighted by Gasteiger charge is -2.19. The van der Waals surface area contributed by atoms with Crippen LogP contribution in [0.5, 0.6) is 0 Å². The maximum atomic E-state index is 12.6. The largest absolute Gasteiger partial charge is 0.315 e. The van der Waals surface area contributed by atoms with Crippen LogP contribution in [0.15, 0.2) is 29.2 Å². The molecule has 1 N–H and O–H groups in total. The van der Waals surface area contributed by atoms with Crippen LogP contribution in [0.4, 0.5) is 0 Å². The molecule has 1 aliphatic rings. The maximum absolute atomic E-state index is 12.6. The zero-order chi connectivity index (χ0) is 14.6. The quantitative estimate of drug-likeness (QED) is 0.850. The van der Waals surface area contributed by atoms with E-state index in [1.165, 1.54) is 10.4 Å². The van der Waals surface area contributed by atoms with E-state index >= 15 is 0 Å². The molecule has 1 heterocycles. The average molecular weight is 296 g/mol. The van der Waals surface area contributed by atoms with E-state index in [4.69, 9.17) is 0 Å². The molecule has 0 unspecified atom stereocenters. The number of nitrogens with zero attached hydrogens (tertiary/aromatic N) is 1. The number of rotatable bonds is 4. The molecule has 1 aromatic rings. The Hall–Kier alpha value is -1.24. The van der Waals surface area contributed by atoms with Gasteiger partial charge in [0, 0.05) is 31.6 Å². The number of carbonyl (C=O) groups excluding carboxylic acids is 1. The standard InChI is InChI=1S/C14H20N2O3S/c1-2-14(17)12-5-3-6-13(11-12)20(18,19)16-9-4-7-15-8-10-16/h3,5-6,11,15H,2,4,7-10H2,1H3. The highest BCUT2D eigenvalue weighted by Crippen LogP contribution is 2.18. The molecule has 1 saturated heterocycles. The molecular formula is C14H20N2O3S. The first-order chi connectivity index (χ1) is 9.55. The van der Waals surface area contributed by atoms with E-state index in [1.807, 2.05) is 0 Å². The predicted molar refractivity (Wildman–Crippen MR) is 77.3 cm³/mol. The molecule has 0 bridgehead atoms. The monoisotopic (exact) mass is 296 g/mol. The summed E-state index contributed by atoms with van der Waals surface area (Å²) in [5.74, 6) is -0.0421. The van der Waals surface area contributed by atoms with E-state index in [1.54, 1.807) is 25.1 Å². The molecule has 20 heavy (non-hydrogen) atoms. The Balaban J connectivity index is 2.31. The third-order valence-corrected chi connectivity index (χ3v) is 5.31. The Kier molecular flexibility index (Phi) is 4.91. The zero-order valence-electron chi connectivity index (χ0n) is 11.6. The van der Waals surface area contributed by atoms with Gasteiger partial charge in [-0.25, -0.2) is 8.42 Å². The lowest BCUT2D eigenvalue weighted by atomic mass is 10.1. The van der Waals surface area contributed by atoms with Crippen molar-refractivity contribution in [2.75, 3.05) is 26.2 Å². The molecule has 0 aliphatic carbocycles. The van der Waals surface area contributed by atoms with Crippen molar-refractivity contribution in [1.82, 2.24) is 9.62 Å². The molecule has 2 rings (SSSR count). The van der Waals surface area contributed by atoms with Gasteiger partial charge in [-0.1, -0.05) is 19.1 Å². The molecule has 0 saturated carbocycles. The molecule has 0 spiro atoms. The first kappa shape index (κ1) is 15.2. The number of ketones is 1. The van der Waals surface area contributed by atoms with Crippen LogP contribution in [0, 0.1) is 0 Å². The van der Waals surface area contributed by atoms with Crippen molar-refractivity contribution in [2.45, 2.75) is 24.7 Å². The second-order valence-corrected chi connectivity index (χ2v) is 6.75. The number of hydrogen-bond donors (Lipinski definition) is 1. The summed E-state index contributed by atoms with van der Waals surface area (Å²) >= 11 is 0. The molecule has 0 atom stereocenters. The van der Waals surface area contributed by atoms with E-state index in [-0.39, 0.29) is 10.7 Å². The molecule has 0 amide bonds. The van der Waals surface area contributed by atoms with Crippen LogP contribution in [0.1, 0.15) is 30.1 Å². The van der Waals surface area contributed by atoms with Gasteiger partial charge in [0.15, 0.2) is 5.78 Å². The van der Waals surface area contributed by atoms with Crippen LogP contribution in [0.25, 0.3) is 0 Å². The average Bonchev–Trinajstić information content (AvgIpc) is 2.76. The van der Waals surface area contributed by atoms with Crippen LogP contribution >= 0.6 is 0 Å². The summed E-state index contributed by atoms with van der Waals surface area (Å²) < 4.78 is 26.7. The molecule has 110 valence electrons. The molecular weight excluding hydrogens is 276 g/mol. The highest BCUT2D eigenvalue weighted by atomic mass is 32.2. The molecule has 5 nitrogen and oxygen atoms in total. The minimum absolute atomic E-state index is 0.0421. The first-order valence-electron chi connectivity index (χ1n) is 6.90. The summed E-state index contributed by atoms with van der Waals surface area (Å²) in [5.41, 5.74) is 0.460. The van der Waals surface area contributed by atoms with E-state index in [2.05, 4.69) is 5.32 Å². The normalized spacial score (nSPS) is 17.6. The summed E-state index contributed by atoms with van der Waals surface area (Å²) in [6.07, 6.45) is 1.17. The second kappa shape index (κ2) is 6.47. The van der Waals surface area contributed by atoms with E-state index in [0.29, 0.717) is 31.6 Å². The number of Topliss-reactive ketones (excluding diaryl/α,β-unsaturated/α-hetero) is 1. The fraction of sp³-hybridized carbons (Fsp3) is 0.500. The Bertz CT molecular complexity index is 576. The lowest BCUT2D eigenvalue weighted by Crippen LogP contribution is -2.34. The summed E-state index contributed by atoms with van der Waals surface area (Å²) in [7, 11) is -3.51. The number of nitrogens with one attached hydrogen (secondary N) is 1. The van der Waals surface area contributed by atoms with Gasteiger partial charge in [-0.05, 0) is 25.1 Å². The Morgan fingerprint density at radius 3 is 2.85 bits per heavy atom. The van der Waals surface area contributed by atoms with Crippen LogP contribution < -0.4 is 5.32 Å².